The standard InChI is InChI=1S/C15H27N3/c1-12-9-15(18(2)17-12)11-14(16)10-13-7-5-3-4-6-8-13/h9,13-14H,3-8,10-11,16H2,1-2H3. The third-order valence-corrected chi connectivity index (χ3v) is 4.18. The molecule has 1 unspecified atom stereocenters. The van der Waals surface area contributed by atoms with Gasteiger partial charge in [0.25, 0.3) is 0 Å². The van der Waals surface area contributed by atoms with Crippen LogP contribution >= 0.6 is 0 Å². The summed E-state index contributed by atoms with van der Waals surface area (Å²) in [6, 6.07) is 2.45. The first-order valence-corrected chi connectivity index (χ1v) is 7.40. The van der Waals surface area contributed by atoms with Gasteiger partial charge in [0, 0.05) is 25.2 Å². The van der Waals surface area contributed by atoms with E-state index in [0.717, 1.165) is 18.0 Å². The Hall–Kier alpha value is -0.830. The van der Waals surface area contributed by atoms with Crippen LogP contribution in [0.4, 0.5) is 0 Å². The van der Waals surface area contributed by atoms with Crippen LogP contribution < -0.4 is 5.73 Å². The average Bonchev–Trinajstić information content (AvgIpc) is 2.54. The Bertz CT molecular complexity index is 362. The summed E-state index contributed by atoms with van der Waals surface area (Å²) in [5.74, 6) is 0.858. The van der Waals surface area contributed by atoms with Crippen LogP contribution in [0.25, 0.3) is 0 Å². The van der Waals surface area contributed by atoms with Crippen molar-refractivity contribution >= 4 is 0 Å². The molecule has 0 amide bonds. The van der Waals surface area contributed by atoms with Crippen molar-refractivity contribution in [2.75, 3.05) is 0 Å². The van der Waals surface area contributed by atoms with Crippen LogP contribution in [0.1, 0.15) is 56.3 Å². The molecule has 0 aromatic carbocycles. The zero-order valence-electron chi connectivity index (χ0n) is 11.9. The zero-order chi connectivity index (χ0) is 13.0. The van der Waals surface area contributed by atoms with Crippen molar-refractivity contribution in [2.45, 2.75) is 64.3 Å². The molecule has 0 spiro atoms. The van der Waals surface area contributed by atoms with E-state index in [0.29, 0.717) is 6.04 Å². The lowest BCUT2D eigenvalue weighted by Gasteiger charge is -2.19. The lowest BCUT2D eigenvalue weighted by atomic mass is 9.91. The van der Waals surface area contributed by atoms with Gasteiger partial charge >= 0.3 is 0 Å². The summed E-state index contributed by atoms with van der Waals surface area (Å²) in [4.78, 5) is 0. The molecule has 2 rings (SSSR count). The molecular formula is C15H27N3. The van der Waals surface area contributed by atoms with E-state index >= 15 is 0 Å². The third kappa shape index (κ3) is 3.84. The maximum Gasteiger partial charge on any atom is 0.0596 e. The van der Waals surface area contributed by atoms with Crippen LogP contribution in [-0.2, 0) is 13.5 Å². The normalized spacial score (nSPS) is 19.7. The molecule has 0 aliphatic heterocycles. The highest BCUT2D eigenvalue weighted by atomic mass is 15.3. The van der Waals surface area contributed by atoms with Gasteiger partial charge in [0.1, 0.15) is 0 Å². The lowest BCUT2D eigenvalue weighted by Crippen LogP contribution is -2.27. The molecule has 18 heavy (non-hydrogen) atoms. The second-order valence-corrected chi connectivity index (χ2v) is 5.96. The Labute approximate surface area is 111 Å². The monoisotopic (exact) mass is 249 g/mol. The molecule has 1 aliphatic carbocycles. The third-order valence-electron chi connectivity index (χ3n) is 4.18. The first-order valence-electron chi connectivity index (χ1n) is 7.40. The number of rotatable bonds is 4. The predicted octanol–water partition coefficient (Wildman–Crippen LogP) is 2.96. The van der Waals surface area contributed by atoms with Crippen molar-refractivity contribution in [1.29, 1.82) is 0 Å². The largest absolute Gasteiger partial charge is 0.327 e. The van der Waals surface area contributed by atoms with E-state index in [2.05, 4.69) is 11.2 Å². The molecule has 1 aromatic heterocycles. The van der Waals surface area contributed by atoms with E-state index in [1.165, 1.54) is 50.6 Å². The van der Waals surface area contributed by atoms with Gasteiger partial charge in [0.2, 0.25) is 0 Å². The number of hydrogen-bond acceptors (Lipinski definition) is 2. The molecule has 1 aliphatic rings. The van der Waals surface area contributed by atoms with Gasteiger partial charge in [-0.25, -0.2) is 0 Å². The molecule has 1 atom stereocenters. The Morgan fingerprint density at radius 2 is 2.00 bits per heavy atom. The van der Waals surface area contributed by atoms with Crippen LogP contribution in [0.2, 0.25) is 0 Å². The van der Waals surface area contributed by atoms with E-state index in [9.17, 15) is 0 Å². The quantitative estimate of drug-likeness (QED) is 0.834. The van der Waals surface area contributed by atoms with Crippen molar-refractivity contribution in [1.82, 2.24) is 9.78 Å². The maximum atomic E-state index is 6.32. The number of hydrogen-bond donors (Lipinski definition) is 1. The van der Waals surface area contributed by atoms with E-state index in [4.69, 9.17) is 5.73 Å². The maximum absolute atomic E-state index is 6.32. The predicted molar refractivity (Wildman–Crippen MR) is 75.4 cm³/mol. The Morgan fingerprint density at radius 1 is 1.33 bits per heavy atom. The Kier molecular flexibility index (Phi) is 4.81. The van der Waals surface area contributed by atoms with E-state index < -0.39 is 0 Å². The summed E-state index contributed by atoms with van der Waals surface area (Å²) >= 11 is 0. The molecule has 0 bridgehead atoms. The fourth-order valence-corrected chi connectivity index (χ4v) is 3.24. The molecular weight excluding hydrogens is 222 g/mol. The molecule has 1 heterocycles. The van der Waals surface area contributed by atoms with Crippen LogP contribution in [-0.4, -0.2) is 15.8 Å². The molecule has 1 fully saturated rings. The first-order chi connectivity index (χ1) is 8.65. The lowest BCUT2D eigenvalue weighted by molar-refractivity contribution is 0.384. The van der Waals surface area contributed by atoms with Gasteiger partial charge in [-0.15, -0.1) is 0 Å². The van der Waals surface area contributed by atoms with Crippen molar-refractivity contribution in [3.63, 3.8) is 0 Å². The summed E-state index contributed by atoms with van der Waals surface area (Å²) in [7, 11) is 2.01. The fourth-order valence-electron chi connectivity index (χ4n) is 3.24. The molecule has 3 heteroatoms. The fraction of sp³-hybridized carbons (Fsp3) is 0.800. The smallest absolute Gasteiger partial charge is 0.0596 e. The Morgan fingerprint density at radius 3 is 2.56 bits per heavy atom. The van der Waals surface area contributed by atoms with Crippen LogP contribution in [0.5, 0.6) is 0 Å². The minimum atomic E-state index is 0.294. The molecule has 1 saturated carbocycles. The SMILES string of the molecule is Cc1cc(CC(N)CC2CCCCCC2)n(C)n1. The van der Waals surface area contributed by atoms with Crippen molar-refractivity contribution in [2.24, 2.45) is 18.7 Å². The zero-order valence-corrected chi connectivity index (χ0v) is 11.9. The second-order valence-electron chi connectivity index (χ2n) is 5.96. The van der Waals surface area contributed by atoms with Gasteiger partial charge in [-0.1, -0.05) is 38.5 Å². The highest BCUT2D eigenvalue weighted by Gasteiger charge is 2.17. The summed E-state index contributed by atoms with van der Waals surface area (Å²) in [5.41, 5.74) is 8.69. The van der Waals surface area contributed by atoms with Gasteiger partial charge in [-0.05, 0) is 25.3 Å². The summed E-state index contributed by atoms with van der Waals surface area (Å²) < 4.78 is 1.97. The van der Waals surface area contributed by atoms with Gasteiger partial charge in [-0.3, -0.25) is 4.68 Å². The number of nitrogens with zero attached hydrogens (tertiary/aromatic N) is 2. The highest BCUT2D eigenvalue weighted by molar-refractivity contribution is 5.09. The van der Waals surface area contributed by atoms with Crippen LogP contribution in [0, 0.1) is 12.8 Å². The summed E-state index contributed by atoms with van der Waals surface area (Å²) in [6.07, 6.45) is 10.6. The number of aryl methyl sites for hydroxylation is 2. The van der Waals surface area contributed by atoms with Crippen molar-refractivity contribution in [3.8, 4) is 0 Å². The van der Waals surface area contributed by atoms with Gasteiger partial charge < -0.3 is 5.73 Å². The molecule has 0 saturated heterocycles. The van der Waals surface area contributed by atoms with E-state index in [1.807, 2.05) is 18.7 Å². The van der Waals surface area contributed by atoms with E-state index in [-0.39, 0.29) is 0 Å². The minimum Gasteiger partial charge on any atom is -0.327 e. The summed E-state index contributed by atoms with van der Waals surface area (Å²) in [5, 5.41) is 4.39. The van der Waals surface area contributed by atoms with Gasteiger partial charge in [-0.2, -0.15) is 5.10 Å². The molecule has 2 N–H and O–H groups in total. The summed E-state index contributed by atoms with van der Waals surface area (Å²) in [6.45, 7) is 2.04. The first kappa shape index (κ1) is 13.6. The number of aromatic nitrogens is 2. The molecule has 1 aromatic rings. The molecule has 3 nitrogen and oxygen atoms in total. The van der Waals surface area contributed by atoms with Crippen LogP contribution in [0.3, 0.4) is 0 Å². The molecule has 0 radical (unpaired) electrons. The van der Waals surface area contributed by atoms with Gasteiger partial charge in [0.15, 0.2) is 0 Å². The molecule has 102 valence electrons. The van der Waals surface area contributed by atoms with E-state index in [1.54, 1.807) is 0 Å². The topological polar surface area (TPSA) is 43.8 Å². The highest BCUT2D eigenvalue weighted by Crippen LogP contribution is 2.26. The second kappa shape index (κ2) is 6.37. The van der Waals surface area contributed by atoms with Crippen molar-refractivity contribution < 1.29 is 0 Å². The Balaban J connectivity index is 1.84. The van der Waals surface area contributed by atoms with Gasteiger partial charge in [0.05, 0.1) is 5.69 Å². The van der Waals surface area contributed by atoms with Crippen LogP contribution in [0.15, 0.2) is 6.07 Å². The van der Waals surface area contributed by atoms with Crippen molar-refractivity contribution in [3.05, 3.63) is 17.5 Å². The minimum absolute atomic E-state index is 0.294. The number of nitrogens with two attached hydrogens (primary N) is 1. The average molecular weight is 249 g/mol.